The average Bonchev–Trinajstić information content (AvgIpc) is 3.10. The second kappa shape index (κ2) is 10.2. The van der Waals surface area contributed by atoms with Crippen LogP contribution in [0.15, 0.2) is 27.6 Å². The normalized spacial score (nSPS) is 42.4. The van der Waals surface area contributed by atoms with E-state index in [9.17, 15) is 29.7 Å². The summed E-state index contributed by atoms with van der Waals surface area (Å²) in [7, 11) is 0. The molecule has 4 aliphatic rings. The van der Waals surface area contributed by atoms with E-state index in [1.165, 1.54) is 6.07 Å². The number of rotatable bonds is 4. The van der Waals surface area contributed by atoms with Crippen LogP contribution < -0.4 is 5.63 Å². The number of fused-ring (bicyclic) bond motifs is 5. The Labute approximate surface area is 216 Å². The molecule has 0 aromatic carbocycles. The Morgan fingerprint density at radius 3 is 2.27 bits per heavy atom. The zero-order valence-corrected chi connectivity index (χ0v) is 21.6. The first-order valence-electron chi connectivity index (χ1n) is 13.4. The summed E-state index contributed by atoms with van der Waals surface area (Å²) in [6, 6.07) is 3.28. The lowest BCUT2D eigenvalue weighted by atomic mass is 9.42. The molecular weight excluding hydrogens is 480 g/mol. The van der Waals surface area contributed by atoms with Crippen LogP contribution in [-0.4, -0.2) is 55.3 Å². The molecule has 9 atom stereocenters. The molecule has 0 aliphatic heterocycles. The van der Waals surface area contributed by atoms with Crippen LogP contribution in [0.1, 0.15) is 89.5 Å². The van der Waals surface area contributed by atoms with Crippen LogP contribution in [0.25, 0.3) is 0 Å². The van der Waals surface area contributed by atoms with E-state index < -0.39 is 29.1 Å². The lowest BCUT2D eigenvalue weighted by Gasteiger charge is -2.65. The summed E-state index contributed by atoms with van der Waals surface area (Å²) in [5.41, 5.74) is -0.681. The van der Waals surface area contributed by atoms with Gasteiger partial charge in [-0.05, 0) is 92.1 Å². The highest BCUT2D eigenvalue weighted by atomic mass is 16.4. The minimum Gasteiger partial charge on any atom is -0.481 e. The van der Waals surface area contributed by atoms with Gasteiger partial charge in [0.1, 0.15) is 0 Å². The fourth-order valence-electron chi connectivity index (χ4n) is 8.62. The third-order valence-electron chi connectivity index (χ3n) is 10.4. The van der Waals surface area contributed by atoms with Crippen LogP contribution in [-0.2, 0) is 9.59 Å². The van der Waals surface area contributed by atoms with Crippen LogP contribution in [0.3, 0.4) is 0 Å². The van der Waals surface area contributed by atoms with Crippen molar-refractivity contribution in [2.24, 2.45) is 28.6 Å². The van der Waals surface area contributed by atoms with Crippen molar-refractivity contribution in [3.8, 4) is 0 Å². The molecule has 5 rings (SSSR count). The first kappa shape index (κ1) is 27.8. The molecule has 2 unspecified atom stereocenters. The van der Waals surface area contributed by atoms with Crippen molar-refractivity contribution in [2.45, 2.75) is 102 Å². The molecule has 1 heterocycles. The monoisotopic (exact) mass is 520 g/mol. The topological polar surface area (TPSA) is 165 Å². The highest BCUT2D eigenvalue weighted by Crippen LogP contribution is 2.70. The van der Waals surface area contributed by atoms with Crippen molar-refractivity contribution < 1.29 is 39.5 Å². The Balaban J connectivity index is 0.000000349. The number of carboxylic acids is 2. The standard InChI is InChI=1S/C24H34O5.C4H6O4/c1-22-9-7-16(25)11-15(22)4-5-18-21(22)19(26)12-23(2)17(8-10-24(18,23)28)14-3-6-20(27)29-13-14;5-3(6)1-2-4(7)8/h3,6,13,15-19,21,25-26,28H,4-5,7-12H2,1-2H3;1-2H2,(H,5,6)(H,7,8)/t15-,16+,17-,18?,19-,21?,22+,23-,24+;/m1./s1. The number of carboxylic acid groups (broad SMARTS) is 2. The lowest BCUT2D eigenvalue weighted by Crippen LogP contribution is -2.66. The van der Waals surface area contributed by atoms with Gasteiger partial charge in [0.05, 0.1) is 36.9 Å². The third-order valence-corrected chi connectivity index (χ3v) is 10.4. The molecule has 4 aliphatic carbocycles. The van der Waals surface area contributed by atoms with Crippen LogP contribution >= 0.6 is 0 Å². The summed E-state index contributed by atoms with van der Waals surface area (Å²) in [6.45, 7) is 4.43. The maximum atomic E-state index is 12.2. The molecule has 1 aromatic heterocycles. The number of aliphatic carboxylic acids is 2. The molecule has 4 saturated carbocycles. The predicted molar refractivity (Wildman–Crippen MR) is 133 cm³/mol. The average molecular weight is 521 g/mol. The van der Waals surface area contributed by atoms with Gasteiger partial charge >= 0.3 is 17.6 Å². The molecular formula is C28H40O9. The van der Waals surface area contributed by atoms with Gasteiger partial charge in [0.15, 0.2) is 0 Å². The van der Waals surface area contributed by atoms with Gasteiger partial charge in [-0.15, -0.1) is 0 Å². The van der Waals surface area contributed by atoms with E-state index >= 15 is 0 Å². The minimum absolute atomic E-state index is 0.0176. The first-order chi connectivity index (χ1) is 17.3. The number of hydrogen-bond acceptors (Lipinski definition) is 7. The molecule has 206 valence electrons. The van der Waals surface area contributed by atoms with Crippen molar-refractivity contribution in [2.75, 3.05) is 0 Å². The Hall–Kier alpha value is -2.23. The summed E-state index contributed by atoms with van der Waals surface area (Å²) >= 11 is 0. The smallest absolute Gasteiger partial charge is 0.335 e. The SMILES string of the molecule is C[C@]12CC[C@H](O)C[C@H]1CCC1C2[C@H](O)C[C@]2(C)[C@@H](c3ccc(=O)oc3)CC[C@]12O.O=C(O)CCC(=O)O. The molecule has 1 aromatic rings. The van der Waals surface area contributed by atoms with Crippen LogP contribution in [0, 0.1) is 28.6 Å². The summed E-state index contributed by atoms with van der Waals surface area (Å²) in [5, 5.41) is 49.6. The highest BCUT2D eigenvalue weighted by molar-refractivity contribution is 5.75. The maximum Gasteiger partial charge on any atom is 0.335 e. The fourth-order valence-corrected chi connectivity index (χ4v) is 8.62. The molecule has 9 nitrogen and oxygen atoms in total. The van der Waals surface area contributed by atoms with E-state index in [1.807, 2.05) is 6.07 Å². The van der Waals surface area contributed by atoms with E-state index in [2.05, 4.69) is 13.8 Å². The Morgan fingerprint density at radius 1 is 1.00 bits per heavy atom. The fraction of sp³-hybridized carbons (Fsp3) is 0.750. The zero-order valence-electron chi connectivity index (χ0n) is 21.6. The van der Waals surface area contributed by atoms with E-state index in [1.54, 1.807) is 6.26 Å². The molecule has 5 N–H and O–H groups in total. The van der Waals surface area contributed by atoms with Gasteiger partial charge in [-0.2, -0.15) is 0 Å². The summed E-state index contributed by atoms with van der Waals surface area (Å²) < 4.78 is 5.14. The Kier molecular flexibility index (Phi) is 7.63. The van der Waals surface area contributed by atoms with Gasteiger partial charge in [0, 0.05) is 11.5 Å². The van der Waals surface area contributed by atoms with E-state index in [4.69, 9.17) is 14.6 Å². The second-order valence-electron chi connectivity index (χ2n) is 12.2. The van der Waals surface area contributed by atoms with Crippen LogP contribution in [0.5, 0.6) is 0 Å². The van der Waals surface area contributed by atoms with Crippen molar-refractivity contribution in [3.05, 3.63) is 34.4 Å². The highest BCUT2D eigenvalue weighted by Gasteiger charge is 2.69. The summed E-state index contributed by atoms with van der Waals surface area (Å²) in [4.78, 5) is 30.7. The number of carbonyl (C=O) groups is 2. The second-order valence-corrected chi connectivity index (χ2v) is 12.2. The van der Waals surface area contributed by atoms with E-state index in [0.29, 0.717) is 12.3 Å². The van der Waals surface area contributed by atoms with Gasteiger partial charge in [-0.3, -0.25) is 9.59 Å². The summed E-state index contributed by atoms with van der Waals surface area (Å²) in [6.07, 6.45) is 6.90. The van der Waals surface area contributed by atoms with Gasteiger partial charge in [0.25, 0.3) is 0 Å². The first-order valence-corrected chi connectivity index (χ1v) is 13.4. The molecule has 0 amide bonds. The predicted octanol–water partition coefficient (Wildman–Crippen LogP) is 3.15. The van der Waals surface area contributed by atoms with Crippen LogP contribution in [0.2, 0.25) is 0 Å². The van der Waals surface area contributed by atoms with E-state index in [0.717, 1.165) is 50.5 Å². The van der Waals surface area contributed by atoms with Gasteiger partial charge in [-0.25, -0.2) is 4.79 Å². The molecule has 4 fully saturated rings. The number of aliphatic hydroxyl groups excluding tert-OH is 2. The molecule has 0 bridgehead atoms. The van der Waals surface area contributed by atoms with Crippen molar-refractivity contribution >= 4 is 11.9 Å². The van der Waals surface area contributed by atoms with Crippen LogP contribution in [0.4, 0.5) is 0 Å². The minimum atomic E-state index is -1.08. The third kappa shape index (κ3) is 4.86. The van der Waals surface area contributed by atoms with Gasteiger partial charge < -0.3 is 29.9 Å². The molecule has 9 heteroatoms. The quantitative estimate of drug-likeness (QED) is 0.401. The van der Waals surface area contributed by atoms with Gasteiger partial charge in [0.2, 0.25) is 0 Å². The van der Waals surface area contributed by atoms with Gasteiger partial charge in [-0.1, -0.05) is 13.8 Å². The lowest BCUT2D eigenvalue weighted by molar-refractivity contribution is -0.239. The molecule has 0 spiro atoms. The zero-order chi connectivity index (χ0) is 27.2. The Bertz CT molecular complexity index is 1030. The molecule has 0 radical (unpaired) electrons. The summed E-state index contributed by atoms with van der Waals surface area (Å²) in [5.74, 6) is -1.49. The largest absolute Gasteiger partial charge is 0.481 e. The molecule has 37 heavy (non-hydrogen) atoms. The van der Waals surface area contributed by atoms with Crippen molar-refractivity contribution in [1.82, 2.24) is 0 Å². The van der Waals surface area contributed by atoms with E-state index in [-0.39, 0.29) is 47.7 Å². The molecule has 0 saturated heterocycles. The Morgan fingerprint density at radius 2 is 1.68 bits per heavy atom. The van der Waals surface area contributed by atoms with Crippen molar-refractivity contribution in [3.63, 3.8) is 0 Å². The number of aliphatic hydroxyl groups is 3. The van der Waals surface area contributed by atoms with Crippen molar-refractivity contribution in [1.29, 1.82) is 0 Å². The maximum absolute atomic E-state index is 12.2. The number of hydrogen-bond donors (Lipinski definition) is 5.